The second kappa shape index (κ2) is 8.49. The van der Waals surface area contributed by atoms with Gasteiger partial charge in [-0.3, -0.25) is 14.4 Å². The van der Waals surface area contributed by atoms with Gasteiger partial charge in [0.1, 0.15) is 0 Å². The van der Waals surface area contributed by atoms with Crippen molar-refractivity contribution in [2.24, 2.45) is 10.8 Å². The standard InChI is InChI=1S/C23H24N4O3/c24-23(30)19-8-4-7-17-15-26(13-11-18(17)19)21(28)9-10-22(29)27-14-12-20(25-27)16-5-2-1-3-6-16/h1-8H,9-15H2,(H2,24,30). The zero-order valence-electron chi connectivity index (χ0n) is 16.7. The Morgan fingerprint density at radius 2 is 1.67 bits per heavy atom. The van der Waals surface area contributed by atoms with Gasteiger partial charge in [0.05, 0.1) is 12.3 Å². The topological polar surface area (TPSA) is 96.1 Å². The van der Waals surface area contributed by atoms with E-state index in [-0.39, 0.29) is 24.7 Å². The summed E-state index contributed by atoms with van der Waals surface area (Å²) in [5.74, 6) is -0.647. The van der Waals surface area contributed by atoms with E-state index >= 15 is 0 Å². The molecule has 0 unspecified atom stereocenters. The number of carbonyl (C=O) groups excluding carboxylic acids is 3. The second-order valence-electron chi connectivity index (χ2n) is 7.55. The highest BCUT2D eigenvalue weighted by Crippen LogP contribution is 2.23. The van der Waals surface area contributed by atoms with Gasteiger partial charge in [0.25, 0.3) is 0 Å². The van der Waals surface area contributed by atoms with E-state index in [0.29, 0.717) is 31.6 Å². The molecule has 0 fully saturated rings. The Kier molecular flexibility index (Phi) is 5.61. The molecule has 0 saturated heterocycles. The molecular weight excluding hydrogens is 380 g/mol. The van der Waals surface area contributed by atoms with Crippen LogP contribution in [0.25, 0.3) is 0 Å². The maximum absolute atomic E-state index is 12.7. The number of primary amides is 1. The van der Waals surface area contributed by atoms with Crippen LogP contribution < -0.4 is 5.73 Å². The molecule has 0 bridgehead atoms. The van der Waals surface area contributed by atoms with Crippen LogP contribution in [-0.2, 0) is 22.6 Å². The second-order valence-corrected chi connectivity index (χ2v) is 7.55. The molecule has 2 aromatic carbocycles. The fourth-order valence-electron chi connectivity index (χ4n) is 4.02. The molecule has 0 aliphatic carbocycles. The number of carbonyl (C=O) groups is 3. The number of hydrogen-bond acceptors (Lipinski definition) is 4. The zero-order valence-corrected chi connectivity index (χ0v) is 16.7. The van der Waals surface area contributed by atoms with Gasteiger partial charge in [-0.2, -0.15) is 5.10 Å². The number of nitrogens with zero attached hydrogens (tertiary/aromatic N) is 3. The molecule has 2 aliphatic heterocycles. The van der Waals surface area contributed by atoms with Gasteiger partial charge in [-0.1, -0.05) is 42.5 Å². The van der Waals surface area contributed by atoms with E-state index in [0.717, 1.165) is 28.8 Å². The van der Waals surface area contributed by atoms with Crippen molar-refractivity contribution in [1.82, 2.24) is 9.91 Å². The number of amides is 3. The minimum atomic E-state index is -0.446. The largest absolute Gasteiger partial charge is 0.366 e. The third-order valence-corrected chi connectivity index (χ3v) is 5.63. The third-order valence-electron chi connectivity index (χ3n) is 5.63. The summed E-state index contributed by atoms with van der Waals surface area (Å²) in [5, 5.41) is 5.91. The van der Waals surface area contributed by atoms with Crippen molar-refractivity contribution in [1.29, 1.82) is 0 Å². The molecule has 2 aliphatic rings. The first-order chi connectivity index (χ1) is 14.5. The van der Waals surface area contributed by atoms with Crippen molar-refractivity contribution < 1.29 is 14.4 Å². The van der Waals surface area contributed by atoms with Crippen molar-refractivity contribution >= 4 is 23.4 Å². The molecule has 0 radical (unpaired) electrons. The fraction of sp³-hybridized carbons (Fsp3) is 0.304. The van der Waals surface area contributed by atoms with Gasteiger partial charge >= 0.3 is 0 Å². The molecule has 2 N–H and O–H groups in total. The lowest BCUT2D eigenvalue weighted by Crippen LogP contribution is -2.37. The van der Waals surface area contributed by atoms with Crippen LogP contribution in [0.1, 0.15) is 46.3 Å². The van der Waals surface area contributed by atoms with Crippen LogP contribution in [0.2, 0.25) is 0 Å². The van der Waals surface area contributed by atoms with E-state index in [1.807, 2.05) is 36.4 Å². The van der Waals surface area contributed by atoms with Crippen LogP contribution in [0, 0.1) is 0 Å². The molecular formula is C23H24N4O3. The Morgan fingerprint density at radius 1 is 0.900 bits per heavy atom. The Bertz CT molecular complexity index is 1020. The van der Waals surface area contributed by atoms with E-state index in [4.69, 9.17) is 5.73 Å². The third kappa shape index (κ3) is 4.10. The molecule has 4 rings (SSSR count). The SMILES string of the molecule is NC(=O)c1cccc2c1CCN(C(=O)CCC(=O)N1CCC(c3ccccc3)=N1)C2. The van der Waals surface area contributed by atoms with Gasteiger partial charge in [-0.05, 0) is 29.2 Å². The fourth-order valence-corrected chi connectivity index (χ4v) is 4.02. The normalized spacial score (nSPS) is 15.5. The Labute approximate surface area is 175 Å². The average molecular weight is 404 g/mol. The van der Waals surface area contributed by atoms with Gasteiger partial charge < -0.3 is 10.6 Å². The van der Waals surface area contributed by atoms with E-state index in [1.54, 1.807) is 17.0 Å². The van der Waals surface area contributed by atoms with Crippen LogP contribution in [0.4, 0.5) is 0 Å². The summed E-state index contributed by atoms with van der Waals surface area (Å²) in [6, 6.07) is 15.2. The highest BCUT2D eigenvalue weighted by Gasteiger charge is 2.26. The number of hydrogen-bond donors (Lipinski definition) is 1. The van der Waals surface area contributed by atoms with Gasteiger partial charge in [0, 0.05) is 37.9 Å². The Balaban J connectivity index is 1.33. The average Bonchev–Trinajstić information content (AvgIpc) is 3.27. The van der Waals surface area contributed by atoms with Crippen LogP contribution >= 0.6 is 0 Å². The number of fused-ring (bicyclic) bond motifs is 1. The first-order valence-corrected chi connectivity index (χ1v) is 10.1. The van der Waals surface area contributed by atoms with Gasteiger partial charge in [0.15, 0.2) is 0 Å². The summed E-state index contributed by atoms with van der Waals surface area (Å²) in [4.78, 5) is 38.5. The van der Waals surface area contributed by atoms with E-state index < -0.39 is 5.91 Å². The van der Waals surface area contributed by atoms with Crippen LogP contribution in [-0.4, -0.2) is 46.4 Å². The Morgan fingerprint density at radius 3 is 2.43 bits per heavy atom. The molecule has 0 atom stereocenters. The first kappa shape index (κ1) is 19.8. The summed E-state index contributed by atoms with van der Waals surface area (Å²) >= 11 is 0. The van der Waals surface area contributed by atoms with Gasteiger partial charge in [-0.25, -0.2) is 5.01 Å². The minimum absolute atomic E-state index is 0.0649. The van der Waals surface area contributed by atoms with Crippen molar-refractivity contribution in [3.8, 4) is 0 Å². The molecule has 0 aromatic heterocycles. The quantitative estimate of drug-likeness (QED) is 0.826. The Hall–Kier alpha value is -3.48. The van der Waals surface area contributed by atoms with E-state index in [2.05, 4.69) is 5.10 Å². The van der Waals surface area contributed by atoms with E-state index in [9.17, 15) is 14.4 Å². The lowest BCUT2D eigenvalue weighted by Gasteiger charge is -2.30. The highest BCUT2D eigenvalue weighted by atomic mass is 16.2. The van der Waals surface area contributed by atoms with E-state index in [1.165, 1.54) is 5.01 Å². The maximum atomic E-state index is 12.7. The van der Waals surface area contributed by atoms with Crippen molar-refractivity contribution in [2.45, 2.75) is 32.2 Å². The van der Waals surface area contributed by atoms with Crippen LogP contribution in [0.5, 0.6) is 0 Å². The molecule has 154 valence electrons. The predicted molar refractivity (Wildman–Crippen MR) is 113 cm³/mol. The summed E-state index contributed by atoms with van der Waals surface area (Å²) in [6.07, 6.45) is 1.59. The summed E-state index contributed by atoms with van der Waals surface area (Å²) < 4.78 is 0. The first-order valence-electron chi connectivity index (χ1n) is 10.1. The van der Waals surface area contributed by atoms with Crippen molar-refractivity contribution in [2.75, 3.05) is 13.1 Å². The number of nitrogens with two attached hydrogens (primary N) is 1. The van der Waals surface area contributed by atoms with Crippen LogP contribution in [0.15, 0.2) is 53.6 Å². The molecule has 2 heterocycles. The smallest absolute Gasteiger partial charge is 0.248 e. The zero-order chi connectivity index (χ0) is 21.1. The monoisotopic (exact) mass is 404 g/mol. The van der Waals surface area contributed by atoms with Crippen molar-refractivity contribution in [3.05, 3.63) is 70.8 Å². The summed E-state index contributed by atoms with van der Waals surface area (Å²) in [7, 11) is 0. The molecule has 0 saturated carbocycles. The summed E-state index contributed by atoms with van der Waals surface area (Å²) in [5.41, 5.74) is 9.75. The highest BCUT2D eigenvalue weighted by molar-refractivity contribution is 6.02. The minimum Gasteiger partial charge on any atom is -0.366 e. The van der Waals surface area contributed by atoms with Crippen molar-refractivity contribution in [3.63, 3.8) is 0 Å². The van der Waals surface area contributed by atoms with Crippen LogP contribution in [0.3, 0.4) is 0 Å². The molecule has 7 heteroatoms. The summed E-state index contributed by atoms with van der Waals surface area (Å²) in [6.45, 7) is 1.50. The van der Waals surface area contributed by atoms with Gasteiger partial charge in [0.2, 0.25) is 17.7 Å². The number of benzene rings is 2. The molecule has 3 amide bonds. The van der Waals surface area contributed by atoms with Gasteiger partial charge in [-0.15, -0.1) is 0 Å². The predicted octanol–water partition coefficient (Wildman–Crippen LogP) is 2.09. The molecule has 2 aromatic rings. The number of hydrazone groups is 1. The lowest BCUT2D eigenvalue weighted by atomic mass is 9.94. The maximum Gasteiger partial charge on any atom is 0.248 e. The molecule has 0 spiro atoms. The molecule has 30 heavy (non-hydrogen) atoms. The number of rotatable bonds is 5. The lowest BCUT2D eigenvalue weighted by molar-refractivity contribution is -0.137. The molecule has 7 nitrogen and oxygen atoms in total.